The number of hydrazine groups is 1. The van der Waals surface area contributed by atoms with Gasteiger partial charge >= 0.3 is 6.03 Å². The Labute approximate surface area is 185 Å². The van der Waals surface area contributed by atoms with E-state index in [1.54, 1.807) is 37.3 Å². The molecular formula is C21H22N4O6S. The van der Waals surface area contributed by atoms with Crippen molar-refractivity contribution in [3.05, 3.63) is 65.7 Å². The summed E-state index contributed by atoms with van der Waals surface area (Å²) in [6, 6.07) is 13.2. The predicted molar refractivity (Wildman–Crippen MR) is 113 cm³/mol. The largest absolute Gasteiger partial charge is 0.379 e. The maximum atomic E-state index is 12.9. The van der Waals surface area contributed by atoms with Crippen LogP contribution in [0.3, 0.4) is 0 Å². The van der Waals surface area contributed by atoms with Crippen molar-refractivity contribution >= 4 is 27.9 Å². The van der Waals surface area contributed by atoms with Crippen LogP contribution in [0, 0.1) is 0 Å². The van der Waals surface area contributed by atoms with Crippen molar-refractivity contribution in [3.63, 3.8) is 0 Å². The number of imide groups is 1. The summed E-state index contributed by atoms with van der Waals surface area (Å²) in [4.78, 5) is 38.0. The van der Waals surface area contributed by atoms with Gasteiger partial charge in [0.2, 0.25) is 10.0 Å². The monoisotopic (exact) mass is 458 g/mol. The second-order valence-electron chi connectivity index (χ2n) is 7.54. The summed E-state index contributed by atoms with van der Waals surface area (Å²) < 4.78 is 31.9. The Balaban J connectivity index is 1.48. The molecule has 32 heavy (non-hydrogen) atoms. The van der Waals surface area contributed by atoms with Crippen molar-refractivity contribution in [1.29, 1.82) is 0 Å². The number of carbonyl (C=O) groups excluding carboxylic acids is 3. The molecule has 2 aliphatic heterocycles. The zero-order valence-corrected chi connectivity index (χ0v) is 18.1. The fourth-order valence-corrected chi connectivity index (χ4v) is 5.00. The number of benzene rings is 2. The predicted octanol–water partition coefficient (Wildman–Crippen LogP) is 0.819. The number of nitrogens with zero attached hydrogens (tertiary/aromatic N) is 2. The molecule has 2 aromatic carbocycles. The Morgan fingerprint density at radius 2 is 1.66 bits per heavy atom. The molecule has 1 atom stereocenters. The molecule has 168 valence electrons. The van der Waals surface area contributed by atoms with Gasteiger partial charge in [0.25, 0.3) is 11.8 Å². The van der Waals surface area contributed by atoms with E-state index >= 15 is 0 Å². The summed E-state index contributed by atoms with van der Waals surface area (Å²) >= 11 is 0. The normalized spacial score (nSPS) is 22.0. The molecule has 11 heteroatoms. The van der Waals surface area contributed by atoms with Gasteiger partial charge in [0, 0.05) is 18.7 Å². The minimum atomic E-state index is -3.70. The van der Waals surface area contributed by atoms with Crippen LogP contribution in [0.4, 0.5) is 4.79 Å². The number of urea groups is 1. The first-order valence-electron chi connectivity index (χ1n) is 9.95. The van der Waals surface area contributed by atoms with Crippen LogP contribution in [-0.4, -0.2) is 61.9 Å². The summed E-state index contributed by atoms with van der Waals surface area (Å²) in [6.45, 7) is 2.73. The van der Waals surface area contributed by atoms with E-state index in [2.05, 4.69) is 10.7 Å². The highest BCUT2D eigenvalue weighted by atomic mass is 32.2. The van der Waals surface area contributed by atoms with Gasteiger partial charge in [-0.2, -0.15) is 9.31 Å². The van der Waals surface area contributed by atoms with Crippen LogP contribution in [-0.2, 0) is 25.1 Å². The molecular weight excluding hydrogens is 436 g/mol. The Bertz CT molecular complexity index is 1150. The van der Waals surface area contributed by atoms with Crippen molar-refractivity contribution in [2.45, 2.75) is 17.4 Å². The van der Waals surface area contributed by atoms with Crippen molar-refractivity contribution < 1.29 is 27.5 Å². The number of morpholine rings is 1. The molecule has 2 heterocycles. The molecule has 2 aromatic rings. The van der Waals surface area contributed by atoms with Gasteiger partial charge in [-0.15, -0.1) is 0 Å². The molecule has 0 radical (unpaired) electrons. The number of rotatable bonds is 5. The summed E-state index contributed by atoms with van der Waals surface area (Å²) in [5.41, 5.74) is 1.65. The van der Waals surface area contributed by atoms with Gasteiger partial charge in [0.05, 0.1) is 18.1 Å². The molecule has 0 spiro atoms. The van der Waals surface area contributed by atoms with E-state index in [0.717, 1.165) is 0 Å². The average Bonchev–Trinajstić information content (AvgIpc) is 3.04. The van der Waals surface area contributed by atoms with Crippen LogP contribution < -0.4 is 10.7 Å². The maximum Gasteiger partial charge on any atom is 0.344 e. The van der Waals surface area contributed by atoms with Gasteiger partial charge in [-0.3, -0.25) is 15.0 Å². The molecule has 4 amide bonds. The van der Waals surface area contributed by atoms with Gasteiger partial charge in [-0.25, -0.2) is 13.2 Å². The van der Waals surface area contributed by atoms with Crippen LogP contribution in [0.15, 0.2) is 59.5 Å². The maximum absolute atomic E-state index is 12.9. The molecule has 2 fully saturated rings. The molecule has 10 nitrogen and oxygen atoms in total. The number of sulfonamides is 1. The van der Waals surface area contributed by atoms with E-state index in [1.165, 1.54) is 28.6 Å². The molecule has 2 aliphatic rings. The zero-order chi connectivity index (χ0) is 22.9. The lowest BCUT2D eigenvalue weighted by atomic mass is 9.92. The molecule has 2 N–H and O–H groups in total. The van der Waals surface area contributed by atoms with Crippen molar-refractivity contribution in [3.8, 4) is 0 Å². The van der Waals surface area contributed by atoms with Crippen molar-refractivity contribution in [2.75, 3.05) is 26.3 Å². The van der Waals surface area contributed by atoms with Crippen LogP contribution in [0.2, 0.25) is 0 Å². The lowest BCUT2D eigenvalue weighted by Gasteiger charge is -2.26. The summed E-state index contributed by atoms with van der Waals surface area (Å²) in [5.74, 6) is -1.35. The average molecular weight is 458 g/mol. The fourth-order valence-electron chi connectivity index (χ4n) is 3.59. The highest BCUT2D eigenvalue weighted by Crippen LogP contribution is 2.27. The minimum Gasteiger partial charge on any atom is -0.379 e. The standard InChI is InChI=1S/C21H22N4O6S/c1-21(16-5-3-2-4-6-16)19(27)25(20(28)22-21)23-18(26)15-7-9-17(10-8-15)32(29,30)24-11-13-31-14-12-24/h2-10H,11-14H2,1H3,(H,22,28)(H,23,26). The quantitative estimate of drug-likeness (QED) is 0.639. The summed E-state index contributed by atoms with van der Waals surface area (Å²) in [7, 11) is -3.70. The van der Waals surface area contributed by atoms with Gasteiger partial charge in [0.15, 0.2) is 0 Å². The third-order valence-electron chi connectivity index (χ3n) is 5.48. The zero-order valence-electron chi connectivity index (χ0n) is 17.3. The number of hydrogen-bond acceptors (Lipinski definition) is 6. The van der Waals surface area contributed by atoms with E-state index in [4.69, 9.17) is 4.74 Å². The second kappa shape index (κ2) is 8.34. The third-order valence-corrected chi connectivity index (χ3v) is 7.39. The molecule has 0 saturated carbocycles. The van der Waals surface area contributed by atoms with E-state index in [0.29, 0.717) is 23.8 Å². The van der Waals surface area contributed by atoms with Gasteiger partial charge in [-0.1, -0.05) is 30.3 Å². The molecule has 0 bridgehead atoms. The summed E-state index contributed by atoms with van der Waals surface area (Å²) in [5, 5.41) is 3.23. The minimum absolute atomic E-state index is 0.0441. The molecule has 4 rings (SSSR count). The topological polar surface area (TPSA) is 125 Å². The highest BCUT2D eigenvalue weighted by molar-refractivity contribution is 7.89. The van der Waals surface area contributed by atoms with Crippen molar-refractivity contribution in [1.82, 2.24) is 20.1 Å². The Hall–Kier alpha value is -3.28. The van der Waals surface area contributed by atoms with Gasteiger partial charge < -0.3 is 10.1 Å². The van der Waals surface area contributed by atoms with Crippen LogP contribution in [0.1, 0.15) is 22.8 Å². The number of carbonyl (C=O) groups is 3. The van der Waals surface area contributed by atoms with E-state index in [1.807, 2.05) is 0 Å². The second-order valence-corrected chi connectivity index (χ2v) is 9.48. The van der Waals surface area contributed by atoms with Crippen LogP contribution >= 0.6 is 0 Å². The number of hydrogen-bond donors (Lipinski definition) is 2. The molecule has 0 aliphatic carbocycles. The fraction of sp³-hybridized carbons (Fsp3) is 0.286. The van der Waals surface area contributed by atoms with Crippen LogP contribution in [0.25, 0.3) is 0 Å². The SMILES string of the molecule is CC1(c2ccccc2)NC(=O)N(NC(=O)c2ccc(S(=O)(=O)N3CCOCC3)cc2)C1=O. The third kappa shape index (κ3) is 3.85. The van der Waals surface area contributed by atoms with E-state index in [-0.39, 0.29) is 23.5 Å². The van der Waals surface area contributed by atoms with E-state index < -0.39 is 33.4 Å². The first-order valence-corrected chi connectivity index (χ1v) is 11.4. The highest BCUT2D eigenvalue weighted by Gasteiger charge is 2.50. The lowest BCUT2D eigenvalue weighted by molar-refractivity contribution is -0.132. The Morgan fingerprint density at radius 1 is 1.03 bits per heavy atom. The Morgan fingerprint density at radius 3 is 2.28 bits per heavy atom. The smallest absolute Gasteiger partial charge is 0.344 e. The Kier molecular flexibility index (Phi) is 5.71. The number of nitrogens with one attached hydrogen (secondary N) is 2. The van der Waals surface area contributed by atoms with Gasteiger partial charge in [-0.05, 0) is 36.8 Å². The number of amides is 4. The first kappa shape index (κ1) is 21.9. The lowest BCUT2D eigenvalue weighted by Crippen LogP contribution is -2.47. The van der Waals surface area contributed by atoms with Crippen LogP contribution in [0.5, 0.6) is 0 Å². The van der Waals surface area contributed by atoms with E-state index in [9.17, 15) is 22.8 Å². The summed E-state index contributed by atoms with van der Waals surface area (Å²) in [6.07, 6.45) is 0. The van der Waals surface area contributed by atoms with Gasteiger partial charge in [0.1, 0.15) is 5.54 Å². The first-order chi connectivity index (χ1) is 15.2. The molecule has 1 unspecified atom stereocenters. The molecule has 2 saturated heterocycles. The molecule has 0 aromatic heterocycles. The number of ether oxygens (including phenoxy) is 1. The van der Waals surface area contributed by atoms with Crippen molar-refractivity contribution in [2.24, 2.45) is 0 Å².